The van der Waals surface area contributed by atoms with Crippen molar-refractivity contribution in [3.05, 3.63) is 123 Å². The molecule has 0 aromatic heterocycles. The zero-order valence-corrected chi connectivity index (χ0v) is 52.2. The highest BCUT2D eigenvalue weighted by atomic mass is 16.7. The van der Waals surface area contributed by atoms with Gasteiger partial charge in [-0.2, -0.15) is 0 Å². The second-order valence-corrected chi connectivity index (χ2v) is 22.9. The van der Waals surface area contributed by atoms with Gasteiger partial charge in [-0.15, -0.1) is 5.06 Å². The number of para-hydroxylation sites is 3. The van der Waals surface area contributed by atoms with Crippen LogP contribution in [-0.2, 0) is 24.0 Å². The van der Waals surface area contributed by atoms with Crippen molar-refractivity contribution in [2.75, 3.05) is 131 Å². The molecule has 0 aliphatic carbocycles. The van der Waals surface area contributed by atoms with Gasteiger partial charge in [-0.25, -0.2) is 4.79 Å². The number of carbonyl (C=O) groups is 12. The van der Waals surface area contributed by atoms with E-state index in [0.29, 0.717) is 17.0 Å². The van der Waals surface area contributed by atoms with E-state index < -0.39 is 101 Å². The summed E-state index contributed by atoms with van der Waals surface area (Å²) in [6.45, 7) is 3.56. The van der Waals surface area contributed by atoms with Crippen LogP contribution in [0.4, 0.5) is 0 Å². The first-order valence-electron chi connectivity index (χ1n) is 31.3. The molecule has 0 spiro atoms. The van der Waals surface area contributed by atoms with Crippen molar-refractivity contribution in [2.24, 2.45) is 0 Å². The molecule has 4 aromatic rings. The minimum absolute atomic E-state index is 0.0222. The van der Waals surface area contributed by atoms with E-state index in [-0.39, 0.29) is 201 Å². The predicted octanol–water partition coefficient (Wildman–Crippen LogP) is -1.68. The molecule has 12 bridgehead atoms. The van der Waals surface area contributed by atoms with Crippen LogP contribution in [0, 0.1) is 6.92 Å². The monoisotopic (exact) mass is 1300 g/mol. The maximum absolute atomic E-state index is 14.5. The SMILES string of the molecule is Cc1c2cccc1C(=O)NCCN1CCNC(=O)c3cccc(c3O)C(=O)NCCN(CCNC2=O)CCN2CCNC(=O)c3cccc(c3[O-])C(=O)NCCN(CC1)CC(CCCCNC(=O)CC(=O)ON1C(=O)CCC1=O)NC(=O)c1cccc(c1O)C(=O)NCC2. The summed E-state index contributed by atoms with van der Waals surface area (Å²) < 4.78 is 0. The van der Waals surface area contributed by atoms with E-state index in [1.54, 1.807) is 25.1 Å². The van der Waals surface area contributed by atoms with Gasteiger partial charge >= 0.3 is 5.97 Å². The van der Waals surface area contributed by atoms with E-state index in [2.05, 4.69) is 47.9 Å². The molecule has 0 saturated carbocycles. The lowest BCUT2D eigenvalue weighted by molar-refractivity contribution is -0.269. The number of benzene rings is 4. The van der Waals surface area contributed by atoms with Gasteiger partial charge in [0.05, 0.1) is 22.3 Å². The number of aromatic hydroxyl groups is 2. The third kappa shape index (κ3) is 19.3. The van der Waals surface area contributed by atoms with Crippen molar-refractivity contribution in [1.82, 2.24) is 72.5 Å². The summed E-state index contributed by atoms with van der Waals surface area (Å²) in [7, 11) is 0. The summed E-state index contributed by atoms with van der Waals surface area (Å²) in [6.07, 6.45) is -0.251. The molecule has 1 fully saturated rings. The molecule has 5 aliphatic heterocycles. The zero-order valence-electron chi connectivity index (χ0n) is 52.2. The van der Waals surface area contributed by atoms with Crippen molar-refractivity contribution in [2.45, 2.75) is 51.5 Å². The van der Waals surface area contributed by atoms with Crippen LogP contribution in [0.1, 0.15) is 127 Å². The Morgan fingerprint density at radius 2 is 0.798 bits per heavy atom. The second kappa shape index (κ2) is 34.0. The van der Waals surface area contributed by atoms with E-state index in [4.69, 9.17) is 4.84 Å². The van der Waals surface area contributed by atoms with E-state index in [9.17, 15) is 72.9 Å². The summed E-state index contributed by atoms with van der Waals surface area (Å²) in [5.41, 5.74) is -0.435. The van der Waals surface area contributed by atoms with Gasteiger partial charge < -0.3 is 68.0 Å². The van der Waals surface area contributed by atoms with Crippen LogP contribution in [0.5, 0.6) is 17.2 Å². The average Bonchev–Trinajstić information content (AvgIpc) is 1.15. The number of nitrogens with one attached hydrogen (secondary N) is 9. The van der Waals surface area contributed by atoms with E-state index in [1.165, 1.54) is 54.6 Å². The van der Waals surface area contributed by atoms with Crippen molar-refractivity contribution in [3.63, 3.8) is 0 Å². The lowest BCUT2D eigenvalue weighted by Crippen LogP contribution is -2.49. The molecule has 5 atom stereocenters. The summed E-state index contributed by atoms with van der Waals surface area (Å²) >= 11 is 0. The second-order valence-electron chi connectivity index (χ2n) is 22.9. The molecular formula is C64H79N14O16-. The van der Waals surface area contributed by atoms with Crippen LogP contribution in [0.25, 0.3) is 0 Å². The molecule has 1 saturated heterocycles. The van der Waals surface area contributed by atoms with Crippen LogP contribution in [0.15, 0.2) is 72.8 Å². The van der Waals surface area contributed by atoms with Crippen LogP contribution >= 0.6 is 0 Å². The number of phenols is 2. The number of imide groups is 1. The van der Waals surface area contributed by atoms with E-state index in [1.807, 2.05) is 19.6 Å². The fourth-order valence-corrected chi connectivity index (χ4v) is 11.2. The smallest absolute Gasteiger partial charge is 0.342 e. The first-order valence-corrected chi connectivity index (χ1v) is 31.3. The molecular weight excluding hydrogens is 1220 g/mol. The molecule has 30 nitrogen and oxygen atoms in total. The quantitative estimate of drug-likeness (QED) is 0.0533. The maximum atomic E-state index is 14.5. The molecule has 94 heavy (non-hydrogen) atoms. The van der Waals surface area contributed by atoms with Crippen molar-refractivity contribution >= 4 is 70.9 Å². The zero-order chi connectivity index (χ0) is 67.3. The number of phenolic OH excluding ortho intramolecular Hbond substituents is 2. The summed E-state index contributed by atoms with van der Waals surface area (Å²) in [5, 5.41) is 63.0. The van der Waals surface area contributed by atoms with Gasteiger partial charge in [0.15, 0.2) is 0 Å². The summed E-state index contributed by atoms with van der Waals surface area (Å²) in [4.78, 5) is 174. The number of hydrogen-bond acceptors (Lipinski definition) is 20. The van der Waals surface area contributed by atoms with Crippen molar-refractivity contribution < 1.29 is 77.7 Å². The Hall–Kier alpha value is -10.0. The van der Waals surface area contributed by atoms with Gasteiger partial charge in [0.25, 0.3) is 59.1 Å². The Morgan fingerprint density at radius 1 is 0.468 bits per heavy atom. The first kappa shape index (κ1) is 69.8. The van der Waals surface area contributed by atoms with Crippen LogP contribution in [-0.4, -0.2) is 243 Å². The lowest BCUT2D eigenvalue weighted by atomic mass is 10.0. The number of unbranched alkanes of at least 4 members (excludes halogenated alkanes) is 1. The van der Waals surface area contributed by atoms with E-state index in [0.717, 1.165) is 0 Å². The number of hydroxylamine groups is 2. The minimum Gasteiger partial charge on any atom is -0.871 e. The molecule has 5 aliphatic rings. The summed E-state index contributed by atoms with van der Waals surface area (Å²) in [5.74, 6) is -10.5. The van der Waals surface area contributed by atoms with Crippen LogP contribution in [0.3, 0.4) is 0 Å². The molecule has 9 rings (SSSR count). The molecule has 5 heterocycles. The van der Waals surface area contributed by atoms with E-state index >= 15 is 0 Å². The van der Waals surface area contributed by atoms with Gasteiger partial charge in [0.1, 0.15) is 17.9 Å². The highest BCUT2D eigenvalue weighted by Crippen LogP contribution is 2.25. The number of carbonyl (C=O) groups excluding carboxylic acids is 12. The average molecular weight is 1300 g/mol. The van der Waals surface area contributed by atoms with Gasteiger partial charge in [0.2, 0.25) is 5.91 Å². The van der Waals surface area contributed by atoms with Gasteiger partial charge in [-0.1, -0.05) is 42.1 Å². The molecule has 502 valence electrons. The van der Waals surface area contributed by atoms with Crippen LogP contribution in [0.2, 0.25) is 0 Å². The van der Waals surface area contributed by atoms with Gasteiger partial charge in [-0.3, -0.25) is 72.3 Å². The Labute approximate surface area is 541 Å². The lowest BCUT2D eigenvalue weighted by Gasteiger charge is -2.31. The number of fused-ring (bicyclic) bond motifs is 16. The normalized spacial score (nSPS) is 21.5. The van der Waals surface area contributed by atoms with Gasteiger partial charge in [-0.05, 0) is 68.1 Å². The molecule has 4 aromatic carbocycles. The number of rotatable bonds is 8. The standard InChI is InChI=1S/C64H80N14O16/c1-40-42-9-4-10-43(40)58(87)67-21-28-76-32-25-70-61(90)45-12-5-11-44(54(45)83)59(88)68-22-29-74(27-20-66-57(42)86)34-35-75-30-23-69-60(89)46-13-6-14-47(55(46)84)62(91)72-26-33-77(37-36-76)39-41(73-64(93)49-16-7-15-48(56(49)85)63(92)71-24-31-75)8-2-3-19-65-50(79)38-53(82)94-78-51(80)17-18-52(78)81/h4-7,9-16,41,83-85H,2-3,8,17-39H2,1H3,(H,65,79)(H,66,86)(H,67,87)(H,68,88)(H,69,89)(H,70,90)(H,71,92)(H,72,91)(H,73,93)/p-1. The summed E-state index contributed by atoms with van der Waals surface area (Å²) in [6, 6.07) is 16.4. The Bertz CT molecular complexity index is 3410. The largest absolute Gasteiger partial charge is 0.871 e. The molecule has 30 heteroatoms. The highest BCUT2D eigenvalue weighted by molar-refractivity contribution is 6.07. The highest BCUT2D eigenvalue weighted by Gasteiger charge is 2.34. The Kier molecular flexibility index (Phi) is 25.3. The minimum atomic E-state index is -1.12. The first-order chi connectivity index (χ1) is 45.3. The van der Waals surface area contributed by atoms with Gasteiger partial charge in [0, 0.05) is 172 Å². The number of nitrogens with zero attached hydrogens (tertiary/aromatic N) is 5. The third-order valence-corrected chi connectivity index (χ3v) is 16.5. The third-order valence-electron chi connectivity index (χ3n) is 16.5. The fraction of sp³-hybridized carbons (Fsp3) is 0.438. The van der Waals surface area contributed by atoms with Crippen LogP contribution < -0.4 is 53.0 Å². The Balaban J connectivity index is 1.16. The predicted molar refractivity (Wildman–Crippen MR) is 335 cm³/mol. The topological polar surface area (TPSA) is 402 Å². The van der Waals surface area contributed by atoms with Crippen molar-refractivity contribution in [3.8, 4) is 17.2 Å². The maximum Gasteiger partial charge on any atom is 0.342 e. The number of amides is 11. The Morgan fingerprint density at radius 3 is 1.20 bits per heavy atom. The molecule has 5 unspecified atom stereocenters. The molecule has 11 amide bonds. The molecule has 11 N–H and O–H groups in total. The fourth-order valence-electron chi connectivity index (χ4n) is 11.2. The molecule has 0 radical (unpaired) electrons. The van der Waals surface area contributed by atoms with Crippen molar-refractivity contribution in [1.29, 1.82) is 0 Å². The number of hydrogen-bond donors (Lipinski definition) is 11.